The average Bonchev–Trinajstić information content (AvgIpc) is 2.12. The third-order valence-corrected chi connectivity index (χ3v) is 4.83. The second kappa shape index (κ2) is 6.35. The van der Waals surface area contributed by atoms with Gasteiger partial charge in [0.05, 0.1) is 0 Å². The lowest BCUT2D eigenvalue weighted by atomic mass is 10.1. The summed E-state index contributed by atoms with van der Waals surface area (Å²) in [6, 6.07) is 0.937. The van der Waals surface area contributed by atoms with Crippen molar-refractivity contribution in [3.63, 3.8) is 0 Å². The molecule has 2 nitrogen and oxygen atoms in total. The van der Waals surface area contributed by atoms with Crippen LogP contribution in [0.4, 0.5) is 0 Å². The van der Waals surface area contributed by atoms with E-state index in [0.29, 0.717) is 0 Å². The Morgan fingerprint density at radius 3 is 2.08 bits per heavy atom. The summed E-state index contributed by atoms with van der Waals surface area (Å²) in [7, 11) is 1.60. The molecule has 3 heteroatoms. The number of allylic oxidation sites excluding steroid dienone is 2. The van der Waals surface area contributed by atoms with Gasteiger partial charge in [-0.15, -0.1) is 0 Å². The van der Waals surface area contributed by atoms with Crippen LogP contribution in [-0.2, 0) is 8.85 Å². The van der Waals surface area contributed by atoms with Crippen molar-refractivity contribution < 1.29 is 8.85 Å². The minimum Gasteiger partial charge on any atom is -0.398 e. The lowest BCUT2D eigenvalue weighted by Crippen LogP contribution is -2.35. The summed E-state index contributed by atoms with van der Waals surface area (Å²) in [5.41, 5.74) is 0. The van der Waals surface area contributed by atoms with Crippen molar-refractivity contribution in [2.24, 2.45) is 5.92 Å². The maximum Gasteiger partial charge on any atom is 0.338 e. The first-order valence-corrected chi connectivity index (χ1v) is 7.31. The number of hydrogen-bond acceptors (Lipinski definition) is 2. The molecule has 0 spiro atoms. The van der Waals surface area contributed by atoms with E-state index in [1.54, 1.807) is 14.2 Å². The molecule has 0 bridgehead atoms. The van der Waals surface area contributed by atoms with Crippen molar-refractivity contribution in [1.29, 1.82) is 0 Å². The number of hydrogen-bond donors (Lipinski definition) is 0. The summed E-state index contributed by atoms with van der Waals surface area (Å²) in [5.74, 6) is 0.731. The highest BCUT2D eigenvalue weighted by atomic mass is 28.4. The van der Waals surface area contributed by atoms with Crippen LogP contribution in [0.15, 0.2) is 12.2 Å². The fraction of sp³-hybridized carbons (Fsp3) is 0.800. The van der Waals surface area contributed by atoms with E-state index in [4.69, 9.17) is 8.85 Å². The molecule has 0 saturated heterocycles. The zero-order chi connectivity index (χ0) is 10.3. The fourth-order valence-electron chi connectivity index (χ4n) is 0.916. The molecular formula is C10H22O2Si. The van der Waals surface area contributed by atoms with Gasteiger partial charge < -0.3 is 8.85 Å². The lowest BCUT2D eigenvalue weighted by molar-refractivity contribution is 0.253. The van der Waals surface area contributed by atoms with Gasteiger partial charge in [-0.05, 0) is 18.9 Å². The molecule has 13 heavy (non-hydrogen) atoms. The molecule has 0 aliphatic carbocycles. The van der Waals surface area contributed by atoms with Crippen LogP contribution in [0.3, 0.4) is 0 Å². The van der Waals surface area contributed by atoms with Crippen molar-refractivity contribution in [3.8, 4) is 0 Å². The van der Waals surface area contributed by atoms with E-state index >= 15 is 0 Å². The quantitative estimate of drug-likeness (QED) is 0.487. The van der Waals surface area contributed by atoms with Crippen LogP contribution in [0.1, 0.15) is 20.3 Å². The Morgan fingerprint density at radius 1 is 1.15 bits per heavy atom. The van der Waals surface area contributed by atoms with Gasteiger partial charge in [-0.2, -0.15) is 0 Å². The molecule has 0 aliphatic heterocycles. The summed E-state index contributed by atoms with van der Waals surface area (Å²) >= 11 is 0. The van der Waals surface area contributed by atoms with Crippen LogP contribution in [-0.4, -0.2) is 22.8 Å². The van der Waals surface area contributed by atoms with Crippen molar-refractivity contribution in [1.82, 2.24) is 0 Å². The van der Waals surface area contributed by atoms with Gasteiger partial charge in [0.25, 0.3) is 0 Å². The number of rotatable bonds is 6. The van der Waals surface area contributed by atoms with Gasteiger partial charge in [-0.1, -0.05) is 26.0 Å². The van der Waals surface area contributed by atoms with E-state index < -0.39 is 8.56 Å². The molecule has 0 aromatic heterocycles. The third-order valence-electron chi connectivity index (χ3n) is 2.13. The van der Waals surface area contributed by atoms with Crippen molar-refractivity contribution >= 4 is 8.56 Å². The largest absolute Gasteiger partial charge is 0.398 e. The molecule has 0 N–H and O–H groups in total. The maximum absolute atomic E-state index is 5.36. The van der Waals surface area contributed by atoms with Crippen molar-refractivity contribution in [2.75, 3.05) is 14.2 Å². The lowest BCUT2D eigenvalue weighted by Gasteiger charge is -2.20. The molecule has 0 aromatic carbocycles. The predicted molar refractivity (Wildman–Crippen MR) is 59.0 cm³/mol. The van der Waals surface area contributed by atoms with Gasteiger partial charge >= 0.3 is 8.56 Å². The Bertz CT molecular complexity index is 151. The Hall–Kier alpha value is -0.123. The Balaban J connectivity index is 3.78. The Kier molecular flexibility index (Phi) is 6.29. The van der Waals surface area contributed by atoms with E-state index in [-0.39, 0.29) is 0 Å². The van der Waals surface area contributed by atoms with E-state index in [1.807, 2.05) is 0 Å². The first-order chi connectivity index (χ1) is 6.04. The molecule has 0 fully saturated rings. The van der Waals surface area contributed by atoms with E-state index in [2.05, 4.69) is 32.5 Å². The SMILES string of the molecule is CO[Si](C)(CC=CCC(C)C)OC. The van der Waals surface area contributed by atoms with E-state index in [9.17, 15) is 0 Å². The first kappa shape index (κ1) is 12.9. The zero-order valence-corrected chi connectivity index (χ0v) is 10.5. The van der Waals surface area contributed by atoms with Gasteiger partial charge in [-0.25, -0.2) is 0 Å². The highest BCUT2D eigenvalue weighted by Crippen LogP contribution is 2.12. The molecule has 0 unspecified atom stereocenters. The molecular weight excluding hydrogens is 180 g/mol. The first-order valence-electron chi connectivity index (χ1n) is 4.79. The van der Waals surface area contributed by atoms with Crippen LogP contribution in [0.5, 0.6) is 0 Å². The molecule has 0 heterocycles. The standard InChI is InChI=1S/C10H22O2Si/c1-10(2)8-6-7-9-13(5,11-3)12-4/h6-7,10H,8-9H2,1-5H3. The monoisotopic (exact) mass is 202 g/mol. The summed E-state index contributed by atoms with van der Waals surface area (Å²) in [4.78, 5) is 0. The molecule has 0 atom stereocenters. The van der Waals surface area contributed by atoms with Crippen LogP contribution in [0.2, 0.25) is 12.6 Å². The van der Waals surface area contributed by atoms with E-state index in [1.165, 1.54) is 0 Å². The summed E-state index contributed by atoms with van der Waals surface area (Å²) in [6.45, 7) is 6.51. The van der Waals surface area contributed by atoms with Gasteiger partial charge in [0.2, 0.25) is 0 Å². The fourth-order valence-corrected chi connectivity index (χ4v) is 2.01. The van der Waals surface area contributed by atoms with Crippen LogP contribution >= 0.6 is 0 Å². The molecule has 0 aliphatic rings. The summed E-state index contributed by atoms with van der Waals surface area (Å²) < 4.78 is 10.7. The molecule has 0 radical (unpaired) electrons. The van der Waals surface area contributed by atoms with Crippen LogP contribution in [0, 0.1) is 5.92 Å². The van der Waals surface area contributed by atoms with Gasteiger partial charge in [0, 0.05) is 20.3 Å². The van der Waals surface area contributed by atoms with Crippen LogP contribution < -0.4 is 0 Å². The van der Waals surface area contributed by atoms with E-state index in [0.717, 1.165) is 18.4 Å². The Labute approximate surface area is 83.2 Å². The summed E-state index contributed by atoms with van der Waals surface area (Å²) in [5, 5.41) is 0. The molecule has 0 rings (SSSR count). The molecule has 0 saturated carbocycles. The smallest absolute Gasteiger partial charge is 0.338 e. The molecule has 78 valence electrons. The Morgan fingerprint density at radius 2 is 1.69 bits per heavy atom. The third kappa shape index (κ3) is 6.02. The molecule has 0 amide bonds. The normalized spacial score (nSPS) is 13.1. The van der Waals surface area contributed by atoms with Gasteiger partial charge in [0.1, 0.15) is 0 Å². The van der Waals surface area contributed by atoms with Gasteiger partial charge in [0.15, 0.2) is 0 Å². The van der Waals surface area contributed by atoms with Crippen molar-refractivity contribution in [3.05, 3.63) is 12.2 Å². The zero-order valence-electron chi connectivity index (χ0n) is 9.46. The second-order valence-electron chi connectivity index (χ2n) is 3.85. The molecule has 0 aromatic rings. The highest BCUT2D eigenvalue weighted by Gasteiger charge is 2.26. The van der Waals surface area contributed by atoms with Gasteiger partial charge in [-0.3, -0.25) is 0 Å². The predicted octanol–water partition coefficient (Wildman–Crippen LogP) is 2.95. The minimum absolute atomic E-state index is 0.731. The average molecular weight is 202 g/mol. The minimum atomic E-state index is -1.86. The highest BCUT2D eigenvalue weighted by molar-refractivity contribution is 6.66. The maximum atomic E-state index is 5.36. The van der Waals surface area contributed by atoms with Crippen LogP contribution in [0.25, 0.3) is 0 Å². The van der Waals surface area contributed by atoms with Crippen molar-refractivity contribution in [2.45, 2.75) is 32.9 Å². The summed E-state index contributed by atoms with van der Waals surface area (Å²) in [6.07, 6.45) is 5.53. The second-order valence-corrected chi connectivity index (χ2v) is 7.34. The topological polar surface area (TPSA) is 18.5 Å².